The number of β-amino-alcohol motifs (C(OH)–C–C–N with tert-alkyl or cyclic N) is 1. The van der Waals surface area contributed by atoms with Gasteiger partial charge >= 0.3 is 0 Å². The number of aliphatic hydroxyl groups is 1. The fourth-order valence-electron chi connectivity index (χ4n) is 4.53. The van der Waals surface area contributed by atoms with Gasteiger partial charge in [0.05, 0.1) is 19.5 Å². The number of ether oxygens (including phenoxy) is 3. The Morgan fingerprint density at radius 1 is 1.08 bits per heavy atom. The van der Waals surface area contributed by atoms with Crippen LogP contribution in [0.25, 0.3) is 0 Å². The van der Waals surface area contributed by atoms with Crippen LogP contribution in [0.1, 0.15) is 12.0 Å². The predicted octanol–water partition coefficient (Wildman–Crippen LogP) is 2.73. The van der Waals surface area contributed by atoms with Crippen LogP contribution in [0.4, 0.5) is 8.78 Å². The summed E-state index contributed by atoms with van der Waals surface area (Å²) in [5.41, 5.74) is -0.478. The second-order valence-corrected chi connectivity index (χ2v) is 9.70. The Morgan fingerprint density at radius 2 is 1.92 bits per heavy atom. The molecule has 1 amide bonds. The molecule has 0 radical (unpaired) electrons. The highest BCUT2D eigenvalue weighted by Crippen LogP contribution is 2.22. The molecule has 0 spiro atoms. The summed E-state index contributed by atoms with van der Waals surface area (Å²) in [7, 11) is 1.44. The van der Waals surface area contributed by atoms with Gasteiger partial charge in [0.1, 0.15) is 30.3 Å². The largest absolute Gasteiger partial charge is 0.494 e. The number of hydrogen-bond acceptors (Lipinski definition) is 7. The quantitative estimate of drug-likeness (QED) is 0.351. The van der Waals surface area contributed by atoms with Crippen LogP contribution in [0, 0.1) is 11.6 Å². The first kappa shape index (κ1) is 28.5. The molecule has 1 aliphatic rings. The average Bonchev–Trinajstić information content (AvgIpc) is 3.38. The monoisotopic (exact) mass is 544 g/mol. The van der Waals surface area contributed by atoms with E-state index in [2.05, 4.69) is 4.98 Å². The van der Waals surface area contributed by atoms with Gasteiger partial charge in [-0.25, -0.2) is 13.8 Å². The van der Waals surface area contributed by atoms with Gasteiger partial charge in [-0.05, 0) is 36.2 Å². The first-order valence-electron chi connectivity index (χ1n) is 12.8. The summed E-state index contributed by atoms with van der Waals surface area (Å²) in [6.07, 6.45) is 6.27. The van der Waals surface area contributed by atoms with Crippen LogP contribution in [0.3, 0.4) is 0 Å². The lowest BCUT2D eigenvalue weighted by atomic mass is 10.0. The number of aryl methyl sites for hydroxylation is 1. The van der Waals surface area contributed by atoms with Crippen molar-refractivity contribution in [1.82, 2.24) is 19.4 Å². The van der Waals surface area contributed by atoms with E-state index < -0.39 is 17.2 Å². The van der Waals surface area contributed by atoms with Crippen molar-refractivity contribution in [3.8, 4) is 11.5 Å². The van der Waals surface area contributed by atoms with Crippen molar-refractivity contribution < 1.29 is 32.9 Å². The highest BCUT2D eigenvalue weighted by atomic mass is 19.2. The SMILES string of the molecule is COCC(=O)N1CCN(Cc2cccc(OCCCn3ccnc3)c2)C[C@](O)(COc2ccc(F)c(F)c2)C1. The Kier molecular flexibility index (Phi) is 9.85. The van der Waals surface area contributed by atoms with Gasteiger partial charge in [0.15, 0.2) is 11.6 Å². The molecule has 9 nitrogen and oxygen atoms in total. The summed E-state index contributed by atoms with van der Waals surface area (Å²) in [4.78, 5) is 20.2. The van der Waals surface area contributed by atoms with Crippen LogP contribution in [0.15, 0.2) is 61.2 Å². The first-order chi connectivity index (χ1) is 18.8. The van der Waals surface area contributed by atoms with Crippen LogP contribution in [0.5, 0.6) is 11.5 Å². The van der Waals surface area contributed by atoms with Crippen molar-refractivity contribution in [3.05, 3.63) is 78.4 Å². The molecule has 1 saturated heterocycles. The predicted molar refractivity (Wildman–Crippen MR) is 139 cm³/mol. The van der Waals surface area contributed by atoms with Gasteiger partial charge in [0.2, 0.25) is 5.91 Å². The fourth-order valence-corrected chi connectivity index (χ4v) is 4.53. The summed E-state index contributed by atoms with van der Waals surface area (Å²) < 4.78 is 45.5. The number of hydrogen-bond donors (Lipinski definition) is 1. The summed E-state index contributed by atoms with van der Waals surface area (Å²) >= 11 is 0. The van der Waals surface area contributed by atoms with Crippen molar-refractivity contribution >= 4 is 5.91 Å². The molecule has 1 aromatic heterocycles. The van der Waals surface area contributed by atoms with E-state index in [0.717, 1.165) is 36.4 Å². The van der Waals surface area contributed by atoms with Gasteiger partial charge < -0.3 is 28.8 Å². The molecule has 1 fully saturated rings. The third-order valence-electron chi connectivity index (χ3n) is 6.40. The first-order valence-corrected chi connectivity index (χ1v) is 12.8. The number of nitrogens with zero attached hydrogens (tertiary/aromatic N) is 4. The third kappa shape index (κ3) is 8.47. The zero-order valence-corrected chi connectivity index (χ0v) is 22.0. The average molecular weight is 545 g/mol. The number of rotatable bonds is 12. The Labute approximate surface area is 226 Å². The Morgan fingerprint density at radius 3 is 2.69 bits per heavy atom. The maximum absolute atomic E-state index is 13.7. The number of benzene rings is 2. The van der Waals surface area contributed by atoms with Crippen molar-refractivity contribution in [2.24, 2.45) is 0 Å². The molecule has 1 aliphatic heterocycles. The van der Waals surface area contributed by atoms with Crippen molar-refractivity contribution in [2.75, 3.05) is 53.1 Å². The number of halogens is 2. The van der Waals surface area contributed by atoms with E-state index in [1.807, 2.05) is 39.9 Å². The number of imidazole rings is 1. The molecule has 210 valence electrons. The third-order valence-corrected chi connectivity index (χ3v) is 6.40. The zero-order chi connectivity index (χ0) is 27.7. The number of amides is 1. The molecule has 0 unspecified atom stereocenters. The molecule has 3 aromatic rings. The molecule has 2 heterocycles. The smallest absolute Gasteiger partial charge is 0.248 e. The lowest BCUT2D eigenvalue weighted by Crippen LogP contribution is -2.52. The number of methoxy groups -OCH3 is 1. The molecule has 2 aromatic carbocycles. The maximum atomic E-state index is 13.7. The summed E-state index contributed by atoms with van der Waals surface area (Å²) in [5, 5.41) is 11.5. The van der Waals surface area contributed by atoms with Crippen LogP contribution in [0.2, 0.25) is 0 Å². The number of carbonyl (C=O) groups excluding carboxylic acids is 1. The topological polar surface area (TPSA) is 89.3 Å². The van der Waals surface area contributed by atoms with E-state index in [4.69, 9.17) is 14.2 Å². The molecular formula is C28H34F2N4O5. The van der Waals surface area contributed by atoms with Gasteiger partial charge in [0, 0.05) is 58.3 Å². The van der Waals surface area contributed by atoms with Gasteiger partial charge in [-0.3, -0.25) is 9.69 Å². The van der Waals surface area contributed by atoms with Crippen molar-refractivity contribution in [1.29, 1.82) is 0 Å². The highest BCUT2D eigenvalue weighted by molar-refractivity contribution is 5.77. The van der Waals surface area contributed by atoms with E-state index in [1.165, 1.54) is 18.1 Å². The molecule has 0 aliphatic carbocycles. The van der Waals surface area contributed by atoms with Crippen molar-refractivity contribution in [2.45, 2.75) is 25.1 Å². The Bertz CT molecular complexity index is 1210. The highest BCUT2D eigenvalue weighted by Gasteiger charge is 2.37. The standard InChI is InChI=1S/C28H34F2N4O5/c1-37-17-27(35)34-12-11-33(18-28(36,19-34)20-39-24-6-7-25(29)26(30)15-24)16-22-4-2-5-23(14-22)38-13-3-9-32-10-8-31-21-32/h2,4-8,10,14-15,21,36H,3,9,11-13,16-20H2,1H3/t28-/m1/s1. The van der Waals surface area contributed by atoms with E-state index in [9.17, 15) is 18.7 Å². The Balaban J connectivity index is 1.40. The summed E-state index contributed by atoms with van der Waals surface area (Å²) in [5.74, 6) is -1.44. The molecule has 1 atom stereocenters. The lowest BCUT2D eigenvalue weighted by Gasteiger charge is -2.33. The van der Waals surface area contributed by atoms with Gasteiger partial charge in [-0.1, -0.05) is 12.1 Å². The van der Waals surface area contributed by atoms with Gasteiger partial charge in [0.25, 0.3) is 0 Å². The molecule has 39 heavy (non-hydrogen) atoms. The fraction of sp³-hybridized carbons (Fsp3) is 0.429. The number of aromatic nitrogens is 2. The summed E-state index contributed by atoms with van der Waals surface area (Å²) in [6.45, 7) is 2.66. The minimum atomic E-state index is -1.47. The molecule has 11 heteroatoms. The maximum Gasteiger partial charge on any atom is 0.248 e. The Hall–Kier alpha value is -3.54. The molecular weight excluding hydrogens is 510 g/mol. The second kappa shape index (κ2) is 13.5. The van der Waals surface area contributed by atoms with Crippen LogP contribution >= 0.6 is 0 Å². The van der Waals surface area contributed by atoms with Crippen LogP contribution in [-0.4, -0.2) is 89.1 Å². The molecule has 4 rings (SSSR count). The molecule has 0 saturated carbocycles. The minimum Gasteiger partial charge on any atom is -0.494 e. The van der Waals surface area contributed by atoms with Crippen LogP contribution < -0.4 is 9.47 Å². The van der Waals surface area contributed by atoms with E-state index in [0.29, 0.717) is 26.2 Å². The second-order valence-electron chi connectivity index (χ2n) is 9.70. The van der Waals surface area contributed by atoms with E-state index in [1.54, 1.807) is 12.5 Å². The van der Waals surface area contributed by atoms with E-state index in [-0.39, 0.29) is 38.0 Å². The molecule has 0 bridgehead atoms. The van der Waals surface area contributed by atoms with Crippen molar-refractivity contribution in [3.63, 3.8) is 0 Å². The molecule has 1 N–H and O–H groups in total. The van der Waals surface area contributed by atoms with Gasteiger partial charge in [-0.2, -0.15) is 0 Å². The lowest BCUT2D eigenvalue weighted by molar-refractivity contribution is -0.138. The minimum absolute atomic E-state index is 0.00936. The van der Waals surface area contributed by atoms with E-state index >= 15 is 0 Å². The van der Waals surface area contributed by atoms with Gasteiger partial charge in [-0.15, -0.1) is 0 Å². The zero-order valence-electron chi connectivity index (χ0n) is 22.0. The van der Waals surface area contributed by atoms with Crippen LogP contribution in [-0.2, 0) is 22.6 Å². The summed E-state index contributed by atoms with van der Waals surface area (Å²) in [6, 6.07) is 11.0. The normalized spacial score (nSPS) is 18.1. The number of carbonyl (C=O) groups is 1.